The summed E-state index contributed by atoms with van der Waals surface area (Å²) in [6.07, 6.45) is -6.07. The van der Waals surface area contributed by atoms with Crippen molar-refractivity contribution in [3.63, 3.8) is 0 Å². The second-order valence-corrected chi connectivity index (χ2v) is 4.36. The molecule has 0 radical (unpaired) electrons. The molecule has 100 valence electrons. The normalized spacial score (nSPS) is 12.7. The lowest BCUT2D eigenvalue weighted by Gasteiger charge is -2.19. The molecule has 0 atom stereocenters. The number of carbonyl (C=O) groups is 1. The molecule has 0 heterocycles. The second kappa shape index (κ2) is 4.56. The van der Waals surface area contributed by atoms with Crippen LogP contribution in [0.1, 0.15) is 15.9 Å². The number of carbonyl (C=O) groups excluding carboxylic acids is 1. The molecule has 1 aromatic carbocycles. The monoisotopic (exact) mass is 334 g/mol. The van der Waals surface area contributed by atoms with Crippen molar-refractivity contribution in [1.82, 2.24) is 0 Å². The van der Waals surface area contributed by atoms with Crippen LogP contribution in [-0.2, 0) is 0 Å². The maximum Gasteiger partial charge on any atom is 0.461 e. The Bertz CT molecular complexity index is 471. The second-order valence-electron chi connectivity index (χ2n) is 3.50. The molecular weight excluding hydrogens is 330 g/mol. The number of rotatable bonds is 2. The highest BCUT2D eigenvalue weighted by molar-refractivity contribution is 9.10. The number of alkyl halides is 5. The molecule has 1 aromatic rings. The molecule has 0 N–H and O–H groups in total. The highest BCUT2D eigenvalue weighted by Crippen LogP contribution is 2.39. The molecule has 0 amide bonds. The first kappa shape index (κ1) is 15.0. The predicted molar refractivity (Wildman–Crippen MR) is 54.2 cm³/mol. The molecule has 0 unspecified atom stereocenters. The SMILES string of the molecule is Cc1cc(F)c(C(=O)C(F)(F)C(F)(F)F)c(Br)c1. The molecule has 0 spiro atoms. The molecule has 0 bridgehead atoms. The largest absolute Gasteiger partial charge is 0.461 e. The first-order valence-corrected chi connectivity index (χ1v) is 5.22. The van der Waals surface area contributed by atoms with Gasteiger partial charge >= 0.3 is 12.1 Å². The van der Waals surface area contributed by atoms with E-state index < -0.39 is 33.7 Å². The van der Waals surface area contributed by atoms with E-state index in [9.17, 15) is 31.1 Å². The number of hydrogen-bond donors (Lipinski definition) is 0. The summed E-state index contributed by atoms with van der Waals surface area (Å²) in [6, 6.07) is 1.77. The van der Waals surface area contributed by atoms with Crippen molar-refractivity contribution in [3.8, 4) is 0 Å². The molecule has 0 aliphatic rings. The van der Waals surface area contributed by atoms with Crippen LogP contribution in [0.15, 0.2) is 16.6 Å². The summed E-state index contributed by atoms with van der Waals surface area (Å²) in [5.74, 6) is -9.69. The van der Waals surface area contributed by atoms with E-state index in [2.05, 4.69) is 15.9 Å². The zero-order valence-electron chi connectivity index (χ0n) is 8.71. The third kappa shape index (κ3) is 2.52. The molecule has 1 nitrogen and oxygen atoms in total. The zero-order valence-corrected chi connectivity index (χ0v) is 10.3. The highest BCUT2D eigenvalue weighted by Gasteiger charge is 2.63. The lowest BCUT2D eigenvalue weighted by Crippen LogP contribution is -2.44. The van der Waals surface area contributed by atoms with Gasteiger partial charge in [-0.15, -0.1) is 0 Å². The lowest BCUT2D eigenvalue weighted by molar-refractivity contribution is -0.255. The minimum atomic E-state index is -6.07. The topological polar surface area (TPSA) is 17.1 Å². The fourth-order valence-electron chi connectivity index (χ4n) is 1.20. The van der Waals surface area contributed by atoms with Gasteiger partial charge in [0.2, 0.25) is 5.78 Å². The lowest BCUT2D eigenvalue weighted by atomic mass is 10.0. The Balaban J connectivity index is 3.37. The van der Waals surface area contributed by atoms with Gasteiger partial charge in [0, 0.05) is 4.47 Å². The summed E-state index contributed by atoms with van der Waals surface area (Å²) >= 11 is 2.60. The van der Waals surface area contributed by atoms with Crippen molar-refractivity contribution < 1.29 is 31.1 Å². The van der Waals surface area contributed by atoms with Crippen molar-refractivity contribution in [1.29, 1.82) is 0 Å². The number of hydrogen-bond acceptors (Lipinski definition) is 1. The Morgan fingerprint density at radius 1 is 1.17 bits per heavy atom. The number of halogens is 7. The van der Waals surface area contributed by atoms with Crippen molar-refractivity contribution in [2.45, 2.75) is 19.0 Å². The maximum atomic E-state index is 13.3. The Hall–Kier alpha value is -1.05. The summed E-state index contributed by atoms with van der Waals surface area (Å²) in [7, 11) is 0. The van der Waals surface area contributed by atoms with E-state index >= 15 is 0 Å². The molecule has 0 saturated heterocycles. The Morgan fingerprint density at radius 2 is 1.67 bits per heavy atom. The van der Waals surface area contributed by atoms with Gasteiger partial charge in [0.05, 0.1) is 5.56 Å². The molecule has 0 aliphatic carbocycles. The smallest absolute Gasteiger partial charge is 0.287 e. The summed E-state index contributed by atoms with van der Waals surface area (Å²) < 4.78 is 74.5. The van der Waals surface area contributed by atoms with E-state index in [4.69, 9.17) is 0 Å². The molecule has 8 heteroatoms. The average molecular weight is 335 g/mol. The molecule has 0 aliphatic heterocycles. The standard InChI is InChI=1S/C10H5BrF6O/c1-4-2-5(11)7(6(12)3-4)8(18)9(13,14)10(15,16)17/h2-3H,1H3. The van der Waals surface area contributed by atoms with Gasteiger partial charge in [-0.2, -0.15) is 22.0 Å². The minimum absolute atomic E-state index is 0.270. The summed E-state index contributed by atoms with van der Waals surface area (Å²) in [6.45, 7) is 1.39. The first-order valence-electron chi connectivity index (χ1n) is 4.43. The van der Waals surface area contributed by atoms with E-state index in [1.165, 1.54) is 6.92 Å². The van der Waals surface area contributed by atoms with E-state index in [0.717, 1.165) is 6.07 Å². The van der Waals surface area contributed by atoms with Gasteiger partial charge in [-0.25, -0.2) is 4.39 Å². The van der Waals surface area contributed by atoms with Gasteiger partial charge < -0.3 is 0 Å². The average Bonchev–Trinajstić information content (AvgIpc) is 2.13. The van der Waals surface area contributed by atoms with E-state index in [0.29, 0.717) is 6.07 Å². The molecule has 1 rings (SSSR count). The van der Waals surface area contributed by atoms with Gasteiger partial charge in [-0.1, -0.05) is 0 Å². The van der Waals surface area contributed by atoms with Gasteiger partial charge in [0.1, 0.15) is 5.82 Å². The van der Waals surface area contributed by atoms with Gasteiger partial charge in [-0.05, 0) is 40.5 Å². The van der Waals surface area contributed by atoms with Crippen molar-refractivity contribution in [3.05, 3.63) is 33.5 Å². The van der Waals surface area contributed by atoms with Crippen LogP contribution in [0.4, 0.5) is 26.3 Å². The zero-order chi connectivity index (χ0) is 14.3. The summed E-state index contributed by atoms with van der Waals surface area (Å²) in [4.78, 5) is 11.1. The maximum absolute atomic E-state index is 13.3. The Kier molecular flexibility index (Phi) is 3.81. The molecule has 0 aromatic heterocycles. The number of ketones is 1. The van der Waals surface area contributed by atoms with Crippen LogP contribution in [0.5, 0.6) is 0 Å². The minimum Gasteiger partial charge on any atom is -0.287 e. The van der Waals surface area contributed by atoms with Crippen molar-refractivity contribution >= 4 is 21.7 Å². The van der Waals surface area contributed by atoms with Gasteiger partial charge in [-0.3, -0.25) is 4.79 Å². The van der Waals surface area contributed by atoms with Crippen LogP contribution in [0, 0.1) is 12.7 Å². The van der Waals surface area contributed by atoms with Gasteiger partial charge in [0.25, 0.3) is 0 Å². The van der Waals surface area contributed by atoms with Crippen LogP contribution < -0.4 is 0 Å². The van der Waals surface area contributed by atoms with Crippen LogP contribution in [0.2, 0.25) is 0 Å². The predicted octanol–water partition coefficient (Wildman–Crippen LogP) is 4.28. The Morgan fingerprint density at radius 3 is 2.06 bits per heavy atom. The van der Waals surface area contributed by atoms with E-state index in [-0.39, 0.29) is 5.56 Å². The van der Waals surface area contributed by atoms with E-state index in [1.807, 2.05) is 0 Å². The molecular formula is C10H5BrF6O. The molecule has 18 heavy (non-hydrogen) atoms. The molecule has 0 fully saturated rings. The fourth-order valence-corrected chi connectivity index (χ4v) is 1.93. The van der Waals surface area contributed by atoms with Crippen LogP contribution in [0.3, 0.4) is 0 Å². The fraction of sp³-hybridized carbons (Fsp3) is 0.300. The third-order valence-electron chi connectivity index (χ3n) is 2.05. The van der Waals surface area contributed by atoms with Crippen LogP contribution in [-0.4, -0.2) is 17.9 Å². The van der Waals surface area contributed by atoms with Crippen LogP contribution in [0.25, 0.3) is 0 Å². The molecule has 0 saturated carbocycles. The quantitative estimate of drug-likeness (QED) is 0.583. The number of benzene rings is 1. The number of aryl methyl sites for hydroxylation is 1. The highest BCUT2D eigenvalue weighted by atomic mass is 79.9. The van der Waals surface area contributed by atoms with Crippen LogP contribution >= 0.6 is 15.9 Å². The van der Waals surface area contributed by atoms with Crippen molar-refractivity contribution in [2.24, 2.45) is 0 Å². The third-order valence-corrected chi connectivity index (χ3v) is 2.68. The summed E-state index contributed by atoms with van der Waals surface area (Å²) in [5, 5.41) is 0. The summed E-state index contributed by atoms with van der Waals surface area (Å²) in [5.41, 5.74) is -1.05. The van der Waals surface area contributed by atoms with Gasteiger partial charge in [0.15, 0.2) is 0 Å². The first-order chi connectivity index (χ1) is 7.98. The number of Topliss-reactive ketones (excluding diaryl/α,β-unsaturated/α-hetero) is 1. The van der Waals surface area contributed by atoms with Crippen molar-refractivity contribution in [2.75, 3.05) is 0 Å². The Labute approximate surface area is 106 Å². The van der Waals surface area contributed by atoms with E-state index in [1.54, 1.807) is 0 Å².